The first-order valence-electron chi connectivity index (χ1n) is 9.07. The van der Waals surface area contributed by atoms with E-state index < -0.39 is 0 Å². The van der Waals surface area contributed by atoms with Gasteiger partial charge in [-0.05, 0) is 59.7 Å². The predicted molar refractivity (Wildman–Crippen MR) is 112 cm³/mol. The SMILES string of the molecule is CC(C)(COCc1cccc(Oc2ccc(Cl)cc2)c1)c1ccc(C#N)cc1. The lowest BCUT2D eigenvalue weighted by Gasteiger charge is -2.25. The fourth-order valence-electron chi connectivity index (χ4n) is 2.84. The normalized spacial score (nSPS) is 11.1. The fourth-order valence-corrected chi connectivity index (χ4v) is 2.97. The summed E-state index contributed by atoms with van der Waals surface area (Å²) in [6, 6.07) is 24.9. The highest BCUT2D eigenvalue weighted by atomic mass is 35.5. The third kappa shape index (κ3) is 5.36. The van der Waals surface area contributed by atoms with Crippen molar-refractivity contribution >= 4 is 11.6 Å². The maximum atomic E-state index is 8.94. The zero-order chi connectivity index (χ0) is 20.0. The molecule has 3 aromatic rings. The van der Waals surface area contributed by atoms with Crippen LogP contribution < -0.4 is 4.74 Å². The molecule has 0 saturated heterocycles. The number of nitriles is 1. The third-order valence-electron chi connectivity index (χ3n) is 4.47. The van der Waals surface area contributed by atoms with Gasteiger partial charge in [-0.2, -0.15) is 5.26 Å². The van der Waals surface area contributed by atoms with Gasteiger partial charge in [-0.3, -0.25) is 0 Å². The Bertz CT molecular complexity index is 957. The molecule has 0 heterocycles. The molecule has 28 heavy (non-hydrogen) atoms. The van der Waals surface area contributed by atoms with Crippen molar-refractivity contribution in [1.29, 1.82) is 5.26 Å². The Hall–Kier alpha value is -2.80. The van der Waals surface area contributed by atoms with E-state index in [0.717, 1.165) is 22.6 Å². The van der Waals surface area contributed by atoms with Crippen LogP contribution in [0.1, 0.15) is 30.5 Å². The van der Waals surface area contributed by atoms with Crippen molar-refractivity contribution in [3.63, 3.8) is 0 Å². The lowest BCUT2D eigenvalue weighted by Crippen LogP contribution is -2.24. The summed E-state index contributed by atoms with van der Waals surface area (Å²) in [6.07, 6.45) is 0. The van der Waals surface area contributed by atoms with Crippen LogP contribution in [0.25, 0.3) is 0 Å². The van der Waals surface area contributed by atoms with E-state index in [1.807, 2.05) is 60.7 Å². The van der Waals surface area contributed by atoms with Gasteiger partial charge in [0.2, 0.25) is 0 Å². The molecule has 0 atom stereocenters. The minimum atomic E-state index is -0.147. The van der Waals surface area contributed by atoms with Crippen molar-refractivity contribution < 1.29 is 9.47 Å². The topological polar surface area (TPSA) is 42.2 Å². The number of ether oxygens (including phenoxy) is 2. The lowest BCUT2D eigenvalue weighted by atomic mass is 9.85. The number of hydrogen-bond donors (Lipinski definition) is 0. The predicted octanol–water partition coefficient (Wildman–Crippen LogP) is 6.50. The van der Waals surface area contributed by atoms with Crippen molar-refractivity contribution in [3.05, 3.63) is 94.5 Å². The van der Waals surface area contributed by atoms with Crippen molar-refractivity contribution in [1.82, 2.24) is 0 Å². The van der Waals surface area contributed by atoms with E-state index in [-0.39, 0.29) is 5.41 Å². The van der Waals surface area contributed by atoms with Gasteiger partial charge in [-0.15, -0.1) is 0 Å². The molecule has 142 valence electrons. The molecule has 0 aliphatic carbocycles. The summed E-state index contributed by atoms with van der Waals surface area (Å²) in [5, 5.41) is 9.62. The maximum absolute atomic E-state index is 8.94. The van der Waals surface area contributed by atoms with Gasteiger partial charge in [0, 0.05) is 10.4 Å². The summed E-state index contributed by atoms with van der Waals surface area (Å²) in [5.74, 6) is 1.50. The van der Waals surface area contributed by atoms with Crippen molar-refractivity contribution in [2.45, 2.75) is 25.9 Å². The van der Waals surface area contributed by atoms with Crippen molar-refractivity contribution in [2.75, 3.05) is 6.61 Å². The molecule has 0 aromatic heterocycles. The molecule has 0 aliphatic heterocycles. The highest BCUT2D eigenvalue weighted by molar-refractivity contribution is 6.30. The first kappa shape index (κ1) is 19.9. The van der Waals surface area contributed by atoms with E-state index in [9.17, 15) is 0 Å². The van der Waals surface area contributed by atoms with E-state index in [1.54, 1.807) is 12.1 Å². The second kappa shape index (κ2) is 8.93. The maximum Gasteiger partial charge on any atom is 0.127 e. The third-order valence-corrected chi connectivity index (χ3v) is 4.73. The number of hydrogen-bond acceptors (Lipinski definition) is 3. The van der Waals surface area contributed by atoms with Gasteiger partial charge in [0.1, 0.15) is 11.5 Å². The largest absolute Gasteiger partial charge is 0.457 e. The molecule has 0 bridgehead atoms. The van der Waals surface area contributed by atoms with Gasteiger partial charge in [0.25, 0.3) is 0 Å². The van der Waals surface area contributed by atoms with Crippen LogP contribution in [0.2, 0.25) is 5.02 Å². The number of nitrogens with zero attached hydrogens (tertiary/aromatic N) is 1. The van der Waals surface area contributed by atoms with E-state index in [1.165, 1.54) is 0 Å². The Balaban J connectivity index is 1.58. The quantitative estimate of drug-likeness (QED) is 0.461. The molecule has 0 amide bonds. The number of rotatable bonds is 7. The van der Waals surface area contributed by atoms with Crippen molar-refractivity contribution in [2.24, 2.45) is 0 Å². The molecule has 3 aromatic carbocycles. The highest BCUT2D eigenvalue weighted by Gasteiger charge is 2.21. The molecule has 0 N–H and O–H groups in total. The second-order valence-electron chi connectivity index (χ2n) is 7.27. The van der Waals surface area contributed by atoms with E-state index in [0.29, 0.717) is 23.8 Å². The van der Waals surface area contributed by atoms with Crippen LogP contribution in [-0.2, 0) is 16.8 Å². The van der Waals surface area contributed by atoms with E-state index in [2.05, 4.69) is 19.9 Å². The first-order valence-corrected chi connectivity index (χ1v) is 9.45. The Morgan fingerprint density at radius 2 is 1.64 bits per heavy atom. The van der Waals surface area contributed by atoms with Gasteiger partial charge >= 0.3 is 0 Å². The van der Waals surface area contributed by atoms with Gasteiger partial charge in [-0.25, -0.2) is 0 Å². The highest BCUT2D eigenvalue weighted by Crippen LogP contribution is 2.26. The first-order chi connectivity index (χ1) is 13.5. The van der Waals surface area contributed by atoms with E-state index >= 15 is 0 Å². The molecule has 4 heteroatoms. The Kier molecular flexibility index (Phi) is 6.36. The monoisotopic (exact) mass is 391 g/mol. The van der Waals surface area contributed by atoms with Gasteiger partial charge in [0.05, 0.1) is 24.8 Å². The summed E-state index contributed by atoms with van der Waals surface area (Å²) < 4.78 is 11.9. The smallest absolute Gasteiger partial charge is 0.127 e. The number of halogens is 1. The molecule has 0 fully saturated rings. The average molecular weight is 392 g/mol. The number of benzene rings is 3. The summed E-state index contributed by atoms with van der Waals surface area (Å²) in [6.45, 7) is 5.33. The summed E-state index contributed by atoms with van der Waals surface area (Å²) in [5.41, 5.74) is 2.71. The summed E-state index contributed by atoms with van der Waals surface area (Å²) in [7, 11) is 0. The van der Waals surface area contributed by atoms with Crippen LogP contribution in [0.15, 0.2) is 72.8 Å². The van der Waals surface area contributed by atoms with Crippen LogP contribution in [0.5, 0.6) is 11.5 Å². The molecule has 0 unspecified atom stereocenters. The van der Waals surface area contributed by atoms with Crippen LogP contribution in [0, 0.1) is 11.3 Å². The molecule has 3 rings (SSSR count). The van der Waals surface area contributed by atoms with Crippen molar-refractivity contribution in [3.8, 4) is 17.6 Å². The lowest BCUT2D eigenvalue weighted by molar-refractivity contribution is 0.0824. The molecule has 0 radical (unpaired) electrons. The van der Waals surface area contributed by atoms with E-state index in [4.69, 9.17) is 26.3 Å². The molecular formula is C24H22ClNO2. The average Bonchev–Trinajstić information content (AvgIpc) is 2.70. The Morgan fingerprint density at radius 3 is 2.32 bits per heavy atom. The zero-order valence-electron chi connectivity index (χ0n) is 16.0. The van der Waals surface area contributed by atoms with Crippen LogP contribution in [-0.4, -0.2) is 6.61 Å². The Labute approximate surface area is 171 Å². The molecular weight excluding hydrogens is 370 g/mol. The minimum absolute atomic E-state index is 0.147. The zero-order valence-corrected chi connectivity index (χ0v) is 16.7. The summed E-state index contributed by atoms with van der Waals surface area (Å²) in [4.78, 5) is 0. The second-order valence-corrected chi connectivity index (χ2v) is 7.71. The van der Waals surface area contributed by atoms with Crippen LogP contribution in [0.4, 0.5) is 0 Å². The van der Waals surface area contributed by atoms with Crippen LogP contribution in [0.3, 0.4) is 0 Å². The summed E-state index contributed by atoms with van der Waals surface area (Å²) >= 11 is 5.91. The minimum Gasteiger partial charge on any atom is -0.457 e. The molecule has 3 nitrogen and oxygen atoms in total. The van der Waals surface area contributed by atoms with Gasteiger partial charge < -0.3 is 9.47 Å². The molecule has 0 aliphatic rings. The fraction of sp³-hybridized carbons (Fsp3) is 0.208. The molecule has 0 spiro atoms. The van der Waals surface area contributed by atoms with Gasteiger partial charge in [-0.1, -0.05) is 49.7 Å². The standard InChI is InChI=1S/C24H22ClNO2/c1-24(2,20-8-6-18(15-26)7-9-20)17-27-16-19-4-3-5-23(14-19)28-22-12-10-21(25)11-13-22/h3-14H,16-17H2,1-2H3. The van der Waals surface area contributed by atoms with Crippen LogP contribution >= 0.6 is 11.6 Å². The Morgan fingerprint density at radius 1 is 0.929 bits per heavy atom. The molecule has 0 saturated carbocycles. The van der Waals surface area contributed by atoms with Gasteiger partial charge in [0.15, 0.2) is 0 Å².